The van der Waals surface area contributed by atoms with Crippen molar-refractivity contribution in [2.45, 2.75) is 45.1 Å². The van der Waals surface area contributed by atoms with E-state index in [9.17, 15) is 14.4 Å². The second-order valence-electron chi connectivity index (χ2n) is 9.03. The molecule has 31 heavy (non-hydrogen) atoms. The maximum atomic E-state index is 11.9. The molecule has 2 aliphatic heterocycles. The molecule has 2 N–H and O–H groups in total. The lowest BCUT2D eigenvalue weighted by molar-refractivity contribution is -0.122. The largest absolute Gasteiger partial charge is 0.478 e. The van der Waals surface area contributed by atoms with Crippen molar-refractivity contribution in [3.63, 3.8) is 0 Å². The Morgan fingerprint density at radius 2 is 1.29 bits per heavy atom. The average Bonchev–Trinajstić information content (AvgIpc) is 3.02. The number of aromatic carboxylic acids is 1. The number of rotatable bonds is 2. The zero-order valence-electron chi connectivity index (χ0n) is 18.7. The first-order chi connectivity index (χ1) is 14.3. The third-order valence-electron chi connectivity index (χ3n) is 6.24. The number of likely N-dealkylation sites (N-methyl/N-ethyl adjacent to an activating group) is 2. The quantitative estimate of drug-likeness (QED) is 0.772. The summed E-state index contributed by atoms with van der Waals surface area (Å²) in [6.07, 6.45) is 0. The van der Waals surface area contributed by atoms with E-state index in [0.717, 1.165) is 22.4 Å². The summed E-state index contributed by atoms with van der Waals surface area (Å²) in [6.45, 7) is 7.55. The summed E-state index contributed by atoms with van der Waals surface area (Å²) in [5.41, 5.74) is 3.55. The Bertz CT molecular complexity index is 1090. The first kappa shape index (κ1) is 22.5. The van der Waals surface area contributed by atoms with Crippen molar-refractivity contribution in [2.24, 2.45) is 0 Å². The lowest BCUT2D eigenvalue weighted by Gasteiger charge is -2.16. The molecule has 0 saturated heterocycles. The third-order valence-corrected chi connectivity index (χ3v) is 6.24. The SMILES string of the molecule is CN1C(=O)C(C)(C)c2ccc(C(=O)O)cc21.CN1C(=O)C(C)(C)c2ccc(CO)cc21. The van der Waals surface area contributed by atoms with E-state index in [-0.39, 0.29) is 24.0 Å². The number of fused-ring (bicyclic) bond motifs is 2. The minimum Gasteiger partial charge on any atom is -0.478 e. The summed E-state index contributed by atoms with van der Waals surface area (Å²) >= 11 is 0. The van der Waals surface area contributed by atoms with Gasteiger partial charge in [-0.25, -0.2) is 4.79 Å². The predicted molar refractivity (Wildman–Crippen MR) is 119 cm³/mol. The Labute approximate surface area is 181 Å². The van der Waals surface area contributed by atoms with Gasteiger partial charge in [-0.3, -0.25) is 9.59 Å². The van der Waals surface area contributed by atoms with Crippen LogP contribution in [-0.4, -0.2) is 42.1 Å². The number of carbonyl (C=O) groups excluding carboxylic acids is 2. The zero-order chi connectivity index (χ0) is 23.3. The van der Waals surface area contributed by atoms with Gasteiger partial charge in [0.05, 0.1) is 23.0 Å². The summed E-state index contributed by atoms with van der Waals surface area (Å²) in [6, 6.07) is 10.5. The monoisotopic (exact) mass is 424 g/mol. The standard InChI is InChI=1S/C12H13NO3.C12H15NO2/c1-12(2)8-5-4-7(10(14)15)6-9(8)13(3)11(12)16;1-12(2)9-5-4-8(7-14)6-10(9)13(3)11(12)15/h4-6H,1-3H3,(H,14,15);4-6,14H,7H2,1-3H3. The van der Waals surface area contributed by atoms with Gasteiger partial charge in [-0.1, -0.05) is 18.2 Å². The molecule has 0 aromatic heterocycles. The molecule has 0 unspecified atom stereocenters. The molecule has 0 bridgehead atoms. The van der Waals surface area contributed by atoms with Gasteiger partial charge in [-0.2, -0.15) is 0 Å². The van der Waals surface area contributed by atoms with E-state index in [2.05, 4.69) is 0 Å². The third kappa shape index (κ3) is 3.49. The summed E-state index contributed by atoms with van der Waals surface area (Å²) in [4.78, 5) is 37.9. The van der Waals surface area contributed by atoms with E-state index in [1.165, 1.54) is 11.0 Å². The Hall–Kier alpha value is -3.19. The van der Waals surface area contributed by atoms with E-state index in [1.807, 2.05) is 45.9 Å². The maximum absolute atomic E-state index is 11.9. The van der Waals surface area contributed by atoms with Crippen molar-refractivity contribution >= 4 is 29.2 Å². The molecule has 7 nitrogen and oxygen atoms in total. The van der Waals surface area contributed by atoms with Crippen LogP contribution in [0.5, 0.6) is 0 Å². The van der Waals surface area contributed by atoms with Gasteiger partial charge in [0.2, 0.25) is 11.8 Å². The van der Waals surface area contributed by atoms with Crippen LogP contribution in [0.2, 0.25) is 0 Å². The van der Waals surface area contributed by atoms with Crippen LogP contribution >= 0.6 is 0 Å². The highest BCUT2D eigenvalue weighted by molar-refractivity contribution is 6.08. The van der Waals surface area contributed by atoms with Crippen molar-refractivity contribution in [2.75, 3.05) is 23.9 Å². The molecule has 0 saturated carbocycles. The maximum Gasteiger partial charge on any atom is 0.335 e. The number of aliphatic hydroxyl groups is 1. The molecular weight excluding hydrogens is 396 g/mol. The topological polar surface area (TPSA) is 98.2 Å². The van der Waals surface area contributed by atoms with E-state index in [1.54, 1.807) is 31.1 Å². The van der Waals surface area contributed by atoms with Crippen molar-refractivity contribution in [1.82, 2.24) is 0 Å². The molecular formula is C24H28N2O5. The molecule has 2 heterocycles. The van der Waals surface area contributed by atoms with Gasteiger partial charge in [0.15, 0.2) is 0 Å². The summed E-state index contributed by atoms with van der Waals surface area (Å²) < 4.78 is 0. The molecule has 2 aromatic carbocycles. The van der Waals surface area contributed by atoms with Crippen LogP contribution in [0, 0.1) is 0 Å². The van der Waals surface area contributed by atoms with Gasteiger partial charge in [0, 0.05) is 25.5 Å². The van der Waals surface area contributed by atoms with Crippen molar-refractivity contribution < 1.29 is 24.6 Å². The number of hydrogen-bond donors (Lipinski definition) is 2. The normalized spacial score (nSPS) is 17.8. The molecule has 164 valence electrons. The fourth-order valence-electron chi connectivity index (χ4n) is 4.24. The lowest BCUT2D eigenvalue weighted by atomic mass is 9.86. The first-order valence-corrected chi connectivity index (χ1v) is 10.0. The molecule has 0 radical (unpaired) electrons. The van der Waals surface area contributed by atoms with Gasteiger partial charge >= 0.3 is 5.97 Å². The molecule has 2 aromatic rings. The number of benzene rings is 2. The highest BCUT2D eigenvalue weighted by atomic mass is 16.4. The molecule has 0 spiro atoms. The van der Waals surface area contributed by atoms with Crippen LogP contribution in [0.1, 0.15) is 54.7 Å². The molecule has 0 atom stereocenters. The fraction of sp³-hybridized carbons (Fsp3) is 0.375. The van der Waals surface area contributed by atoms with Gasteiger partial charge in [-0.05, 0) is 62.6 Å². The van der Waals surface area contributed by atoms with Gasteiger partial charge in [-0.15, -0.1) is 0 Å². The molecule has 2 aliphatic rings. The average molecular weight is 424 g/mol. The second kappa shape index (κ2) is 7.50. The fourth-order valence-corrected chi connectivity index (χ4v) is 4.24. The predicted octanol–water partition coefficient (Wildman–Crippen LogP) is 3.07. The number of hydrogen-bond acceptors (Lipinski definition) is 4. The number of carbonyl (C=O) groups is 3. The number of amides is 2. The Balaban J connectivity index is 0.000000176. The van der Waals surface area contributed by atoms with Gasteiger partial charge < -0.3 is 20.0 Å². The van der Waals surface area contributed by atoms with Crippen molar-refractivity contribution in [3.05, 3.63) is 58.7 Å². The van der Waals surface area contributed by atoms with Crippen LogP contribution in [-0.2, 0) is 27.0 Å². The van der Waals surface area contributed by atoms with Crippen LogP contribution in [0.3, 0.4) is 0 Å². The van der Waals surface area contributed by atoms with Crippen LogP contribution in [0.25, 0.3) is 0 Å². The lowest BCUT2D eigenvalue weighted by Crippen LogP contribution is -2.33. The Kier molecular flexibility index (Phi) is 5.44. The summed E-state index contributed by atoms with van der Waals surface area (Å²) in [7, 11) is 3.44. The number of anilines is 2. The number of aliphatic hydroxyl groups excluding tert-OH is 1. The van der Waals surface area contributed by atoms with E-state index in [0.29, 0.717) is 5.69 Å². The first-order valence-electron chi connectivity index (χ1n) is 10.0. The number of carboxylic acid groups (broad SMARTS) is 1. The molecule has 0 aliphatic carbocycles. The van der Waals surface area contributed by atoms with Crippen molar-refractivity contribution in [1.29, 1.82) is 0 Å². The van der Waals surface area contributed by atoms with Crippen LogP contribution in [0.15, 0.2) is 36.4 Å². The number of nitrogens with zero attached hydrogens (tertiary/aromatic N) is 2. The minimum absolute atomic E-state index is 0.00922. The Morgan fingerprint density at radius 3 is 1.74 bits per heavy atom. The van der Waals surface area contributed by atoms with Crippen LogP contribution in [0.4, 0.5) is 11.4 Å². The zero-order valence-corrected chi connectivity index (χ0v) is 18.7. The smallest absolute Gasteiger partial charge is 0.335 e. The highest BCUT2D eigenvalue weighted by Gasteiger charge is 2.43. The molecule has 2 amide bonds. The summed E-state index contributed by atoms with van der Waals surface area (Å²) in [5.74, 6) is -0.883. The Morgan fingerprint density at radius 1 is 0.839 bits per heavy atom. The minimum atomic E-state index is -0.978. The summed E-state index contributed by atoms with van der Waals surface area (Å²) in [5, 5.41) is 17.9. The van der Waals surface area contributed by atoms with Crippen molar-refractivity contribution in [3.8, 4) is 0 Å². The van der Waals surface area contributed by atoms with Gasteiger partial charge in [0.25, 0.3) is 0 Å². The second-order valence-corrected chi connectivity index (χ2v) is 9.03. The number of carboxylic acids is 1. The highest BCUT2D eigenvalue weighted by Crippen LogP contribution is 2.42. The molecule has 4 rings (SSSR count). The van der Waals surface area contributed by atoms with Crippen LogP contribution < -0.4 is 9.80 Å². The van der Waals surface area contributed by atoms with E-state index in [4.69, 9.17) is 10.2 Å². The molecule has 0 fully saturated rings. The van der Waals surface area contributed by atoms with Gasteiger partial charge in [0.1, 0.15) is 0 Å². The molecule has 7 heteroatoms. The van der Waals surface area contributed by atoms with E-state index < -0.39 is 16.8 Å². The van der Waals surface area contributed by atoms with E-state index >= 15 is 0 Å².